The Morgan fingerprint density at radius 3 is 2.38 bits per heavy atom. The fourth-order valence-corrected chi connectivity index (χ4v) is 7.31. The highest BCUT2D eigenvalue weighted by atomic mass is 32.2. The third-order valence-corrected chi connectivity index (χ3v) is 9.75. The Balaban J connectivity index is 1.49. The Hall–Kier alpha value is -3.24. The number of benzene rings is 2. The second-order valence-electron chi connectivity index (χ2n) is 9.73. The molecular formula is C27H31N3O5S2. The third kappa shape index (κ3) is 5.70. The summed E-state index contributed by atoms with van der Waals surface area (Å²) in [6.45, 7) is 7.76. The van der Waals surface area contributed by atoms with Gasteiger partial charge in [0.1, 0.15) is 10.3 Å². The van der Waals surface area contributed by atoms with Gasteiger partial charge in [-0.3, -0.25) is 14.4 Å². The number of amides is 3. The number of nitrogens with one attached hydrogen (secondary N) is 2. The van der Waals surface area contributed by atoms with Crippen LogP contribution in [-0.4, -0.2) is 38.7 Å². The predicted molar refractivity (Wildman–Crippen MR) is 145 cm³/mol. The number of hydrogen-bond acceptors (Lipinski definition) is 6. The van der Waals surface area contributed by atoms with Crippen molar-refractivity contribution in [3.63, 3.8) is 0 Å². The van der Waals surface area contributed by atoms with Gasteiger partial charge in [0.25, 0.3) is 21.8 Å². The summed E-state index contributed by atoms with van der Waals surface area (Å²) in [6.07, 6.45) is 2.33. The average Bonchev–Trinajstić information content (AvgIpc) is 3.18. The van der Waals surface area contributed by atoms with Crippen molar-refractivity contribution in [3.8, 4) is 0 Å². The molecule has 1 aliphatic heterocycles. The van der Waals surface area contributed by atoms with Gasteiger partial charge in [0.05, 0.1) is 0 Å². The fourth-order valence-electron chi connectivity index (χ4n) is 4.44. The maximum Gasteiger partial charge on any atom is 0.273 e. The van der Waals surface area contributed by atoms with Gasteiger partial charge in [0.2, 0.25) is 5.91 Å². The Bertz CT molecular complexity index is 1460. The maximum absolute atomic E-state index is 13.1. The molecule has 37 heavy (non-hydrogen) atoms. The van der Waals surface area contributed by atoms with Crippen LogP contribution in [0.15, 0.2) is 46.7 Å². The topological polar surface area (TPSA) is 113 Å². The number of nitrogens with zero attached hydrogens (tertiary/aromatic N) is 1. The first-order valence-electron chi connectivity index (χ1n) is 12.3. The van der Waals surface area contributed by atoms with Crippen molar-refractivity contribution in [2.24, 2.45) is 5.92 Å². The minimum absolute atomic E-state index is 0.0604. The first kappa shape index (κ1) is 26.8. The van der Waals surface area contributed by atoms with E-state index < -0.39 is 27.9 Å². The van der Waals surface area contributed by atoms with Crippen molar-refractivity contribution in [1.82, 2.24) is 10.0 Å². The molecule has 3 amide bonds. The van der Waals surface area contributed by atoms with Crippen molar-refractivity contribution in [2.45, 2.75) is 57.2 Å². The lowest BCUT2D eigenvalue weighted by Gasteiger charge is -2.27. The minimum Gasteiger partial charge on any atom is -0.340 e. The lowest BCUT2D eigenvalue weighted by atomic mass is 10.0. The second kappa shape index (κ2) is 10.6. The van der Waals surface area contributed by atoms with Crippen molar-refractivity contribution >= 4 is 54.9 Å². The fraction of sp³-hybridized carbons (Fsp3) is 0.370. The van der Waals surface area contributed by atoms with Crippen LogP contribution in [0.3, 0.4) is 0 Å². The smallest absolute Gasteiger partial charge is 0.273 e. The number of carbonyl (C=O) groups excluding carboxylic acids is 3. The van der Waals surface area contributed by atoms with Gasteiger partial charge < -0.3 is 10.2 Å². The minimum atomic E-state index is -4.14. The summed E-state index contributed by atoms with van der Waals surface area (Å²) in [5.74, 6) is -1.61. The number of thiophene rings is 1. The molecule has 2 heterocycles. The molecule has 2 N–H and O–H groups in total. The Kier molecular flexibility index (Phi) is 7.70. The van der Waals surface area contributed by atoms with E-state index in [1.165, 1.54) is 0 Å². The largest absolute Gasteiger partial charge is 0.340 e. The molecule has 1 saturated heterocycles. The van der Waals surface area contributed by atoms with Crippen LogP contribution in [0.4, 0.5) is 5.69 Å². The van der Waals surface area contributed by atoms with Gasteiger partial charge in [-0.15, -0.1) is 11.3 Å². The molecule has 3 aromatic rings. The summed E-state index contributed by atoms with van der Waals surface area (Å²) in [5, 5.41) is 3.50. The van der Waals surface area contributed by atoms with Crippen LogP contribution in [0, 0.1) is 19.8 Å². The van der Waals surface area contributed by atoms with E-state index in [0.717, 1.165) is 45.5 Å². The zero-order chi connectivity index (χ0) is 26.9. The molecular weight excluding hydrogens is 510 g/mol. The van der Waals surface area contributed by atoms with Crippen LogP contribution in [0.1, 0.15) is 54.6 Å². The van der Waals surface area contributed by atoms with Crippen molar-refractivity contribution in [1.29, 1.82) is 0 Å². The third-order valence-electron chi connectivity index (χ3n) is 6.53. The van der Waals surface area contributed by atoms with Crippen LogP contribution < -0.4 is 14.9 Å². The Labute approximate surface area is 221 Å². The van der Waals surface area contributed by atoms with Crippen LogP contribution in [0.5, 0.6) is 0 Å². The van der Waals surface area contributed by atoms with Gasteiger partial charge in [-0.05, 0) is 79.5 Å². The van der Waals surface area contributed by atoms with E-state index >= 15 is 0 Å². The summed E-state index contributed by atoms with van der Waals surface area (Å²) >= 11 is 1.11. The van der Waals surface area contributed by atoms with Gasteiger partial charge in [-0.1, -0.05) is 26.0 Å². The molecule has 0 bridgehead atoms. The van der Waals surface area contributed by atoms with E-state index in [1.54, 1.807) is 49.9 Å². The normalized spacial score (nSPS) is 15.2. The van der Waals surface area contributed by atoms with Crippen molar-refractivity contribution in [2.75, 3.05) is 11.4 Å². The van der Waals surface area contributed by atoms with E-state index in [9.17, 15) is 22.8 Å². The summed E-state index contributed by atoms with van der Waals surface area (Å²) in [7, 11) is -4.14. The van der Waals surface area contributed by atoms with E-state index in [2.05, 4.69) is 10.0 Å². The summed E-state index contributed by atoms with van der Waals surface area (Å²) in [6, 6.07) is 11.2. The van der Waals surface area contributed by atoms with E-state index in [4.69, 9.17) is 0 Å². The molecule has 1 aromatic heterocycles. The molecule has 0 spiro atoms. The predicted octanol–water partition coefficient (Wildman–Crippen LogP) is 4.29. The number of hydrogen-bond donors (Lipinski definition) is 2. The van der Waals surface area contributed by atoms with E-state index in [1.807, 2.05) is 25.1 Å². The standard InChI is InChI=1S/C27H31N3O5S2/c1-16(2)24(28-25(32)19-9-11-20(12-10-19)30-14-6-5-7-23(30)31)26(33)29-37(34,35)27-18(4)21-13-8-17(3)15-22(21)36-27/h8-13,15-16,24H,5-7,14H2,1-4H3,(H,28,32)(H,29,33). The van der Waals surface area contributed by atoms with Crippen molar-refractivity contribution in [3.05, 3.63) is 59.2 Å². The zero-order valence-corrected chi connectivity index (χ0v) is 23.0. The summed E-state index contributed by atoms with van der Waals surface area (Å²) in [4.78, 5) is 39.9. The molecule has 4 rings (SSSR count). The number of aryl methyl sites for hydroxylation is 2. The van der Waals surface area contributed by atoms with Crippen LogP contribution in [-0.2, 0) is 19.6 Å². The molecule has 8 nitrogen and oxygen atoms in total. The number of anilines is 1. The monoisotopic (exact) mass is 541 g/mol. The highest BCUT2D eigenvalue weighted by Gasteiger charge is 2.31. The lowest BCUT2D eigenvalue weighted by Crippen LogP contribution is -2.51. The van der Waals surface area contributed by atoms with Gasteiger partial charge >= 0.3 is 0 Å². The van der Waals surface area contributed by atoms with Gasteiger partial charge in [0.15, 0.2) is 0 Å². The van der Waals surface area contributed by atoms with Crippen LogP contribution >= 0.6 is 11.3 Å². The number of carbonyl (C=O) groups is 3. The number of sulfonamides is 1. The maximum atomic E-state index is 13.1. The summed E-state index contributed by atoms with van der Waals surface area (Å²) < 4.78 is 29.4. The molecule has 0 radical (unpaired) electrons. The van der Waals surface area contributed by atoms with Crippen LogP contribution in [0.25, 0.3) is 10.1 Å². The van der Waals surface area contributed by atoms with E-state index in [0.29, 0.717) is 24.1 Å². The molecule has 0 aliphatic carbocycles. The Morgan fingerprint density at radius 2 is 1.73 bits per heavy atom. The molecule has 196 valence electrons. The number of rotatable bonds is 7. The Morgan fingerprint density at radius 1 is 1.03 bits per heavy atom. The quantitative estimate of drug-likeness (QED) is 0.463. The van der Waals surface area contributed by atoms with Gasteiger partial charge in [0, 0.05) is 28.9 Å². The zero-order valence-electron chi connectivity index (χ0n) is 21.3. The molecule has 1 unspecified atom stereocenters. The highest BCUT2D eigenvalue weighted by Crippen LogP contribution is 2.34. The van der Waals surface area contributed by atoms with Crippen LogP contribution in [0.2, 0.25) is 0 Å². The highest BCUT2D eigenvalue weighted by molar-refractivity contribution is 7.92. The van der Waals surface area contributed by atoms with Gasteiger partial charge in [-0.25, -0.2) is 13.1 Å². The number of piperidine rings is 1. The second-order valence-corrected chi connectivity index (χ2v) is 12.7. The molecule has 1 atom stereocenters. The SMILES string of the molecule is Cc1ccc2c(C)c(S(=O)(=O)NC(=O)C(NC(=O)c3ccc(N4CCCCC4=O)cc3)C(C)C)sc2c1. The molecule has 10 heteroatoms. The molecule has 1 aliphatic rings. The van der Waals surface area contributed by atoms with Gasteiger partial charge in [-0.2, -0.15) is 0 Å². The summed E-state index contributed by atoms with van der Waals surface area (Å²) in [5.41, 5.74) is 2.63. The van der Waals surface area contributed by atoms with E-state index in [-0.39, 0.29) is 16.0 Å². The number of fused-ring (bicyclic) bond motifs is 1. The first-order chi connectivity index (χ1) is 17.5. The lowest BCUT2D eigenvalue weighted by molar-refractivity contribution is -0.122. The first-order valence-corrected chi connectivity index (χ1v) is 14.6. The average molecular weight is 542 g/mol. The molecule has 0 saturated carbocycles. The van der Waals surface area contributed by atoms with Crippen molar-refractivity contribution < 1.29 is 22.8 Å². The molecule has 2 aromatic carbocycles. The molecule has 1 fully saturated rings.